The monoisotopic (exact) mass is 286 g/mol. The van der Waals surface area contributed by atoms with E-state index < -0.39 is 17.6 Å². The number of amides is 2. The number of benzene rings is 2. The van der Waals surface area contributed by atoms with Crippen LogP contribution in [0.4, 0.5) is 17.1 Å². The first-order valence-corrected chi connectivity index (χ1v) is 5.98. The molecule has 0 aromatic heterocycles. The summed E-state index contributed by atoms with van der Waals surface area (Å²) in [6, 6.07) is 9.08. The normalized spacial score (nSPS) is 10.1. The van der Waals surface area contributed by atoms with Crippen molar-refractivity contribution in [3.63, 3.8) is 0 Å². The summed E-state index contributed by atoms with van der Waals surface area (Å²) in [5.41, 5.74) is 16.8. The van der Waals surface area contributed by atoms with Crippen LogP contribution in [0.25, 0.3) is 0 Å². The molecule has 0 fully saturated rings. The molecule has 2 aromatic carbocycles. The van der Waals surface area contributed by atoms with Crippen molar-refractivity contribution in [1.82, 2.24) is 0 Å². The molecule has 8 N–H and O–H groups in total. The minimum Gasteiger partial charge on any atom is -0.505 e. The number of carbonyl (C=O) groups excluding carboxylic acids is 2. The lowest BCUT2D eigenvalue weighted by molar-refractivity contribution is 0.0974. The molecule has 0 radical (unpaired) electrons. The average Bonchev–Trinajstić information content (AvgIpc) is 2.43. The van der Waals surface area contributed by atoms with E-state index in [4.69, 9.17) is 17.2 Å². The molecule has 0 aliphatic carbocycles. The summed E-state index contributed by atoms with van der Waals surface area (Å²) >= 11 is 0. The van der Waals surface area contributed by atoms with Gasteiger partial charge in [0, 0.05) is 11.4 Å². The van der Waals surface area contributed by atoms with Gasteiger partial charge >= 0.3 is 0 Å². The fourth-order valence-corrected chi connectivity index (χ4v) is 1.81. The Morgan fingerprint density at radius 1 is 1.00 bits per heavy atom. The number of phenols is 1. The van der Waals surface area contributed by atoms with Gasteiger partial charge in [0.1, 0.15) is 0 Å². The second-order valence-electron chi connectivity index (χ2n) is 4.37. The second kappa shape index (κ2) is 5.41. The summed E-state index contributed by atoms with van der Waals surface area (Å²) in [5, 5.41) is 12.4. The molecule has 0 atom stereocenters. The highest BCUT2D eigenvalue weighted by Crippen LogP contribution is 2.28. The zero-order valence-corrected chi connectivity index (χ0v) is 11.0. The molecule has 2 amide bonds. The van der Waals surface area contributed by atoms with Gasteiger partial charge < -0.3 is 27.6 Å². The number of nitrogen functional groups attached to an aromatic ring is 2. The van der Waals surface area contributed by atoms with E-state index in [0.29, 0.717) is 11.4 Å². The Balaban J connectivity index is 2.37. The van der Waals surface area contributed by atoms with Crippen LogP contribution in [-0.4, -0.2) is 16.9 Å². The van der Waals surface area contributed by atoms with Crippen LogP contribution >= 0.6 is 0 Å². The van der Waals surface area contributed by atoms with Crippen molar-refractivity contribution in [1.29, 1.82) is 0 Å². The topological polar surface area (TPSA) is 144 Å². The summed E-state index contributed by atoms with van der Waals surface area (Å²) < 4.78 is 0. The lowest BCUT2D eigenvalue weighted by atomic mass is 10.0. The van der Waals surface area contributed by atoms with Gasteiger partial charge in [0.05, 0.1) is 16.8 Å². The van der Waals surface area contributed by atoms with E-state index in [9.17, 15) is 14.7 Å². The summed E-state index contributed by atoms with van der Waals surface area (Å²) in [6.45, 7) is 0. The molecule has 108 valence electrons. The first-order chi connectivity index (χ1) is 9.90. The Morgan fingerprint density at radius 3 is 2.19 bits per heavy atom. The zero-order valence-electron chi connectivity index (χ0n) is 11.0. The Bertz CT molecular complexity index is 711. The molecular weight excluding hydrogens is 272 g/mol. The molecule has 0 aliphatic rings. The highest BCUT2D eigenvalue weighted by molar-refractivity contribution is 6.13. The highest BCUT2D eigenvalue weighted by atomic mass is 16.3. The van der Waals surface area contributed by atoms with E-state index in [1.165, 1.54) is 12.1 Å². The molecule has 7 nitrogen and oxygen atoms in total. The van der Waals surface area contributed by atoms with Crippen LogP contribution in [0.15, 0.2) is 36.4 Å². The van der Waals surface area contributed by atoms with Gasteiger partial charge in [-0.15, -0.1) is 0 Å². The van der Waals surface area contributed by atoms with Crippen LogP contribution < -0.4 is 22.5 Å². The van der Waals surface area contributed by atoms with Crippen LogP contribution in [0.5, 0.6) is 5.75 Å². The molecule has 0 bridgehead atoms. The fourth-order valence-electron chi connectivity index (χ4n) is 1.81. The van der Waals surface area contributed by atoms with Crippen molar-refractivity contribution >= 4 is 28.9 Å². The number of rotatable bonds is 3. The predicted molar refractivity (Wildman–Crippen MR) is 79.8 cm³/mol. The lowest BCUT2D eigenvalue weighted by Gasteiger charge is -2.11. The number of carbonyl (C=O) groups is 2. The van der Waals surface area contributed by atoms with Crippen LogP contribution in [0.2, 0.25) is 0 Å². The second-order valence-corrected chi connectivity index (χ2v) is 4.37. The third kappa shape index (κ3) is 2.86. The van der Waals surface area contributed by atoms with E-state index in [0.717, 1.165) is 0 Å². The quantitative estimate of drug-likeness (QED) is 0.420. The molecule has 2 rings (SSSR count). The molecule has 0 unspecified atom stereocenters. The standard InChI is InChI=1S/C14H14N4O3/c15-7-1-3-8(4-2-7)18-14(21)9-5-6-10(16)12(19)11(9)13(17)20/h1-6,19H,15-16H2,(H2,17,20)(H,18,21). The van der Waals surface area contributed by atoms with E-state index in [1.807, 2.05) is 0 Å². The van der Waals surface area contributed by atoms with Crippen molar-refractivity contribution in [3.8, 4) is 5.75 Å². The van der Waals surface area contributed by atoms with Gasteiger partial charge in [-0.3, -0.25) is 9.59 Å². The summed E-state index contributed by atoms with van der Waals surface area (Å²) in [4.78, 5) is 23.6. The van der Waals surface area contributed by atoms with Crippen LogP contribution in [0.3, 0.4) is 0 Å². The van der Waals surface area contributed by atoms with Crippen LogP contribution in [0.1, 0.15) is 20.7 Å². The Kier molecular flexibility index (Phi) is 3.66. The Labute approximate surface area is 120 Å². The van der Waals surface area contributed by atoms with Crippen molar-refractivity contribution in [2.75, 3.05) is 16.8 Å². The van der Waals surface area contributed by atoms with Gasteiger partial charge in [-0.2, -0.15) is 0 Å². The Hall–Kier alpha value is -3.22. The van der Waals surface area contributed by atoms with E-state index >= 15 is 0 Å². The van der Waals surface area contributed by atoms with Gasteiger partial charge in [-0.25, -0.2) is 0 Å². The van der Waals surface area contributed by atoms with E-state index in [-0.39, 0.29) is 16.8 Å². The Morgan fingerprint density at radius 2 is 1.62 bits per heavy atom. The van der Waals surface area contributed by atoms with Crippen LogP contribution in [0, 0.1) is 0 Å². The largest absolute Gasteiger partial charge is 0.505 e. The van der Waals surface area contributed by atoms with E-state index in [2.05, 4.69) is 5.32 Å². The number of nitrogens with one attached hydrogen (secondary N) is 1. The van der Waals surface area contributed by atoms with Gasteiger partial charge in [0.25, 0.3) is 11.8 Å². The highest BCUT2D eigenvalue weighted by Gasteiger charge is 2.21. The number of primary amides is 1. The predicted octanol–water partition coefficient (Wildman–Crippen LogP) is 0.908. The first kappa shape index (κ1) is 14.2. The molecule has 0 saturated heterocycles. The maximum absolute atomic E-state index is 12.2. The molecule has 2 aromatic rings. The summed E-state index contributed by atoms with van der Waals surface area (Å²) in [6.07, 6.45) is 0. The van der Waals surface area contributed by atoms with Gasteiger partial charge in [0.15, 0.2) is 5.75 Å². The maximum Gasteiger partial charge on any atom is 0.256 e. The molecule has 0 aliphatic heterocycles. The SMILES string of the molecule is NC(=O)c1c(C(=O)Nc2ccc(N)cc2)ccc(N)c1O. The number of hydrogen-bond donors (Lipinski definition) is 5. The third-order valence-electron chi connectivity index (χ3n) is 2.87. The summed E-state index contributed by atoms with van der Waals surface area (Å²) in [7, 11) is 0. The molecule has 0 saturated carbocycles. The van der Waals surface area contributed by atoms with Gasteiger partial charge in [-0.05, 0) is 36.4 Å². The number of nitrogens with two attached hydrogens (primary N) is 3. The zero-order chi connectivity index (χ0) is 15.6. The molecule has 7 heteroatoms. The fraction of sp³-hybridized carbons (Fsp3) is 0. The first-order valence-electron chi connectivity index (χ1n) is 5.98. The van der Waals surface area contributed by atoms with Crippen molar-refractivity contribution in [2.24, 2.45) is 5.73 Å². The smallest absolute Gasteiger partial charge is 0.256 e. The van der Waals surface area contributed by atoms with Crippen molar-refractivity contribution in [2.45, 2.75) is 0 Å². The van der Waals surface area contributed by atoms with Crippen LogP contribution in [-0.2, 0) is 0 Å². The van der Waals surface area contributed by atoms with Crippen molar-refractivity contribution in [3.05, 3.63) is 47.5 Å². The lowest BCUT2D eigenvalue weighted by Crippen LogP contribution is -2.21. The van der Waals surface area contributed by atoms with Gasteiger partial charge in [-0.1, -0.05) is 0 Å². The molecular formula is C14H14N4O3. The van der Waals surface area contributed by atoms with Crippen molar-refractivity contribution < 1.29 is 14.7 Å². The maximum atomic E-state index is 12.2. The number of anilines is 3. The molecule has 0 spiro atoms. The van der Waals surface area contributed by atoms with Gasteiger partial charge in [0.2, 0.25) is 0 Å². The summed E-state index contributed by atoms with van der Waals surface area (Å²) in [5.74, 6) is -2.04. The molecule has 21 heavy (non-hydrogen) atoms. The average molecular weight is 286 g/mol. The third-order valence-corrected chi connectivity index (χ3v) is 2.87. The molecule has 0 heterocycles. The minimum absolute atomic E-state index is 0.0344. The minimum atomic E-state index is -0.942. The number of aromatic hydroxyl groups is 1. The number of hydrogen-bond acceptors (Lipinski definition) is 5. The van der Waals surface area contributed by atoms with E-state index in [1.54, 1.807) is 24.3 Å².